The van der Waals surface area contributed by atoms with Gasteiger partial charge in [0.25, 0.3) is 0 Å². The highest BCUT2D eigenvalue weighted by Crippen LogP contribution is 2.13. The lowest BCUT2D eigenvalue weighted by Crippen LogP contribution is -2.24. The van der Waals surface area contributed by atoms with E-state index < -0.39 is 0 Å². The average molecular weight is 252 g/mol. The van der Waals surface area contributed by atoms with E-state index in [1.54, 1.807) is 0 Å². The molecule has 0 spiro atoms. The predicted molar refractivity (Wildman–Crippen MR) is 80.0 cm³/mol. The molecule has 98 valence electrons. The van der Waals surface area contributed by atoms with E-state index in [2.05, 4.69) is 52.5 Å². The summed E-state index contributed by atoms with van der Waals surface area (Å²) in [5, 5.41) is 1.21. The van der Waals surface area contributed by atoms with Crippen molar-refractivity contribution in [3.8, 4) is 0 Å². The van der Waals surface area contributed by atoms with Gasteiger partial charge in [0.05, 0.1) is 5.52 Å². The minimum Gasteiger partial charge on any atom is -0.378 e. The van der Waals surface area contributed by atoms with E-state index in [1.807, 2.05) is 6.07 Å². The predicted octanol–water partition coefficient (Wildman–Crippen LogP) is 3.78. The van der Waals surface area contributed by atoms with Gasteiger partial charge >= 0.3 is 0 Å². The first-order chi connectivity index (χ1) is 9.42. The number of hydrogen-bond acceptors (Lipinski definition) is 2. The number of nitrogens with zero attached hydrogens (tertiary/aromatic N) is 2. The van der Waals surface area contributed by atoms with Gasteiger partial charge in [-0.3, -0.25) is 4.98 Å². The van der Waals surface area contributed by atoms with Crippen molar-refractivity contribution in [3.05, 3.63) is 54.4 Å². The van der Waals surface area contributed by atoms with Crippen molar-refractivity contribution in [1.82, 2.24) is 9.88 Å². The number of pyridine rings is 1. The highest BCUT2D eigenvalue weighted by molar-refractivity contribution is 5.78. The van der Waals surface area contributed by atoms with Gasteiger partial charge in [0.15, 0.2) is 0 Å². The van der Waals surface area contributed by atoms with Crippen LogP contribution in [0.1, 0.15) is 25.0 Å². The molecule has 0 radical (unpaired) electrons. The van der Waals surface area contributed by atoms with Gasteiger partial charge in [-0.05, 0) is 37.6 Å². The third-order valence-electron chi connectivity index (χ3n) is 3.69. The van der Waals surface area contributed by atoms with Crippen molar-refractivity contribution in [2.75, 3.05) is 13.1 Å². The Bertz CT molecular complexity index is 568. The van der Waals surface area contributed by atoms with Gasteiger partial charge in [-0.2, -0.15) is 0 Å². The molecule has 2 nitrogen and oxygen atoms in total. The molecule has 0 bridgehead atoms. The summed E-state index contributed by atoms with van der Waals surface area (Å²) in [5.41, 5.74) is 2.23. The molecule has 0 unspecified atom stereocenters. The Morgan fingerprint density at radius 2 is 1.84 bits per heavy atom. The summed E-state index contributed by atoms with van der Waals surface area (Å²) in [6.45, 7) is 2.42. The maximum absolute atomic E-state index is 4.69. The molecule has 19 heavy (non-hydrogen) atoms. The lowest BCUT2D eigenvalue weighted by atomic mass is 10.1. The molecule has 1 aliphatic heterocycles. The van der Waals surface area contributed by atoms with Crippen LogP contribution < -0.4 is 0 Å². The molecule has 0 saturated carbocycles. The zero-order valence-corrected chi connectivity index (χ0v) is 11.3. The zero-order valence-electron chi connectivity index (χ0n) is 11.3. The van der Waals surface area contributed by atoms with E-state index in [0.717, 1.165) is 17.6 Å². The van der Waals surface area contributed by atoms with Crippen LogP contribution in [0.3, 0.4) is 0 Å². The van der Waals surface area contributed by atoms with Gasteiger partial charge < -0.3 is 4.90 Å². The van der Waals surface area contributed by atoms with Gasteiger partial charge in [-0.25, -0.2) is 0 Å². The molecule has 2 aromatic rings. The number of hydrogen-bond donors (Lipinski definition) is 0. The fraction of sp³-hybridized carbons (Fsp3) is 0.353. The highest BCUT2D eigenvalue weighted by atomic mass is 15.1. The lowest BCUT2D eigenvalue weighted by Gasteiger charge is -2.24. The van der Waals surface area contributed by atoms with Gasteiger partial charge in [0.1, 0.15) is 0 Å². The second kappa shape index (κ2) is 5.87. The minimum atomic E-state index is 0.918. The normalized spacial score (nSPS) is 16.3. The number of para-hydroxylation sites is 1. The standard InChI is InChI=1S/C17H20N2/c1-4-12-19(13-5-1)14-6-8-16-11-10-15-7-2-3-9-17(15)18-16/h2-3,6-7,9-11,14H,1,4-5,8,12-13H2. The Labute approximate surface area is 114 Å². The Kier molecular flexibility index (Phi) is 3.78. The Morgan fingerprint density at radius 1 is 1.00 bits per heavy atom. The second-order valence-corrected chi connectivity index (χ2v) is 5.18. The maximum atomic E-state index is 4.69. The van der Waals surface area contributed by atoms with Crippen LogP contribution in [0.25, 0.3) is 10.9 Å². The van der Waals surface area contributed by atoms with Crippen LogP contribution in [0.15, 0.2) is 48.7 Å². The number of benzene rings is 1. The Hall–Kier alpha value is -1.83. The maximum Gasteiger partial charge on any atom is 0.0705 e. The molecule has 0 aliphatic carbocycles. The van der Waals surface area contributed by atoms with E-state index in [4.69, 9.17) is 0 Å². The van der Waals surface area contributed by atoms with Gasteiger partial charge in [0, 0.05) is 30.6 Å². The van der Waals surface area contributed by atoms with Crippen molar-refractivity contribution < 1.29 is 0 Å². The fourth-order valence-electron chi connectivity index (χ4n) is 2.61. The monoisotopic (exact) mass is 252 g/mol. The van der Waals surface area contributed by atoms with Crippen LogP contribution in [0.2, 0.25) is 0 Å². The van der Waals surface area contributed by atoms with E-state index in [0.29, 0.717) is 0 Å². The quantitative estimate of drug-likeness (QED) is 0.826. The number of rotatable bonds is 3. The molecule has 1 aromatic heterocycles. The molecule has 0 N–H and O–H groups in total. The van der Waals surface area contributed by atoms with Crippen LogP contribution in [-0.2, 0) is 6.42 Å². The summed E-state index contributed by atoms with van der Waals surface area (Å²) in [7, 11) is 0. The van der Waals surface area contributed by atoms with Crippen molar-refractivity contribution in [2.24, 2.45) is 0 Å². The van der Waals surface area contributed by atoms with Crippen molar-refractivity contribution in [3.63, 3.8) is 0 Å². The molecule has 2 heteroatoms. The number of aromatic nitrogens is 1. The van der Waals surface area contributed by atoms with Crippen LogP contribution in [0, 0.1) is 0 Å². The Morgan fingerprint density at radius 3 is 2.74 bits per heavy atom. The van der Waals surface area contributed by atoms with E-state index in [9.17, 15) is 0 Å². The molecule has 0 atom stereocenters. The molecule has 1 saturated heterocycles. The largest absolute Gasteiger partial charge is 0.378 e. The molecule has 3 rings (SSSR count). The SMILES string of the molecule is C(=CN1CCCCC1)Cc1ccc2ccccc2n1. The minimum absolute atomic E-state index is 0.918. The highest BCUT2D eigenvalue weighted by Gasteiger charge is 2.04. The van der Waals surface area contributed by atoms with Crippen molar-refractivity contribution >= 4 is 10.9 Å². The van der Waals surface area contributed by atoms with Crippen molar-refractivity contribution in [2.45, 2.75) is 25.7 Å². The number of likely N-dealkylation sites (tertiary alicyclic amines) is 1. The molecular formula is C17H20N2. The first-order valence-electron chi connectivity index (χ1n) is 7.17. The summed E-state index contributed by atoms with van der Waals surface area (Å²) in [4.78, 5) is 7.11. The summed E-state index contributed by atoms with van der Waals surface area (Å²) < 4.78 is 0. The van der Waals surface area contributed by atoms with Crippen LogP contribution >= 0.6 is 0 Å². The third-order valence-corrected chi connectivity index (χ3v) is 3.69. The zero-order chi connectivity index (χ0) is 12.9. The van der Waals surface area contributed by atoms with E-state index in [1.165, 1.54) is 37.7 Å². The van der Waals surface area contributed by atoms with Crippen LogP contribution in [0.5, 0.6) is 0 Å². The van der Waals surface area contributed by atoms with Crippen LogP contribution in [0.4, 0.5) is 0 Å². The lowest BCUT2D eigenvalue weighted by molar-refractivity contribution is 0.309. The number of fused-ring (bicyclic) bond motifs is 1. The summed E-state index contributed by atoms with van der Waals surface area (Å²) in [5.74, 6) is 0. The average Bonchev–Trinajstić information content (AvgIpc) is 2.48. The smallest absolute Gasteiger partial charge is 0.0705 e. The van der Waals surface area contributed by atoms with E-state index in [-0.39, 0.29) is 0 Å². The van der Waals surface area contributed by atoms with Crippen molar-refractivity contribution in [1.29, 1.82) is 0 Å². The number of piperidine rings is 1. The summed E-state index contributed by atoms with van der Waals surface area (Å²) in [6.07, 6.45) is 9.45. The van der Waals surface area contributed by atoms with Crippen LogP contribution in [-0.4, -0.2) is 23.0 Å². The fourth-order valence-corrected chi connectivity index (χ4v) is 2.61. The van der Waals surface area contributed by atoms with Gasteiger partial charge in [-0.15, -0.1) is 0 Å². The van der Waals surface area contributed by atoms with Gasteiger partial charge in [-0.1, -0.05) is 30.3 Å². The molecular weight excluding hydrogens is 232 g/mol. The first-order valence-corrected chi connectivity index (χ1v) is 7.17. The second-order valence-electron chi connectivity index (χ2n) is 5.18. The molecule has 0 amide bonds. The molecule has 1 fully saturated rings. The first kappa shape index (κ1) is 12.2. The molecule has 1 aromatic carbocycles. The molecule has 1 aliphatic rings. The van der Waals surface area contributed by atoms with E-state index >= 15 is 0 Å². The third kappa shape index (κ3) is 3.14. The van der Waals surface area contributed by atoms with Gasteiger partial charge in [0.2, 0.25) is 0 Å². The molecule has 2 heterocycles. The number of allylic oxidation sites excluding steroid dienone is 1. The summed E-state index contributed by atoms with van der Waals surface area (Å²) in [6, 6.07) is 12.6. The Balaban J connectivity index is 1.66. The summed E-state index contributed by atoms with van der Waals surface area (Å²) >= 11 is 0. The topological polar surface area (TPSA) is 16.1 Å².